The van der Waals surface area contributed by atoms with Crippen LogP contribution >= 0.6 is 23.2 Å². The van der Waals surface area contributed by atoms with Crippen LogP contribution in [-0.4, -0.2) is 29.9 Å². The minimum Gasteiger partial charge on any atom is -0.304 e. The smallest absolute Gasteiger partial charge is 0.0967 e. The average Bonchev–Trinajstić information content (AvgIpc) is 1.93. The predicted octanol–water partition coefficient (Wildman–Crippen LogP) is 3.23. The molecule has 0 spiro atoms. The molecule has 0 aliphatic heterocycles. The fourth-order valence-corrected chi connectivity index (χ4v) is 0.671. The molecule has 0 aromatic carbocycles. The minimum atomic E-state index is 0. The minimum absolute atomic E-state index is 0. The zero-order valence-electron chi connectivity index (χ0n) is 8.26. The van der Waals surface area contributed by atoms with Gasteiger partial charge in [-0.3, -0.25) is 14.1 Å². The van der Waals surface area contributed by atoms with Gasteiger partial charge >= 0.3 is 0 Å². The molecule has 0 N–H and O–H groups in total. The largest absolute Gasteiger partial charge is 0.304 e. The lowest BCUT2D eigenvalue weighted by Gasteiger charge is -2.13. The molecule has 0 aliphatic rings. The Morgan fingerprint density at radius 1 is 0.769 bits per heavy atom. The summed E-state index contributed by atoms with van der Waals surface area (Å²) >= 11 is 9.53. The van der Waals surface area contributed by atoms with Crippen molar-refractivity contribution in [1.82, 2.24) is 4.90 Å². The fourth-order valence-electron chi connectivity index (χ4n) is 0.671. The standard InChI is InChI=1S/C6H15N.CH2Cl2.3FH/c1-4-7(5-2)6-3;2-1-3;;;/h4-6H2,1-3H3;1H2;3*1H. The SMILES string of the molecule is CCN(CC)CC.ClCCl.F.F.F. The summed E-state index contributed by atoms with van der Waals surface area (Å²) in [6, 6.07) is 0. The summed E-state index contributed by atoms with van der Waals surface area (Å²) in [5.74, 6) is 0. The van der Waals surface area contributed by atoms with Gasteiger partial charge < -0.3 is 4.90 Å². The molecule has 0 fully saturated rings. The summed E-state index contributed by atoms with van der Waals surface area (Å²) < 4.78 is 0. The summed E-state index contributed by atoms with van der Waals surface area (Å²) in [6.45, 7) is 10.1. The highest BCUT2D eigenvalue weighted by Gasteiger charge is 1.89. The van der Waals surface area contributed by atoms with Gasteiger partial charge in [-0.1, -0.05) is 20.8 Å². The third-order valence-corrected chi connectivity index (χ3v) is 1.34. The number of alkyl halides is 2. The van der Waals surface area contributed by atoms with Crippen molar-refractivity contribution in [3.8, 4) is 0 Å². The van der Waals surface area contributed by atoms with E-state index in [9.17, 15) is 0 Å². The van der Waals surface area contributed by atoms with E-state index < -0.39 is 0 Å². The molecule has 0 aromatic heterocycles. The van der Waals surface area contributed by atoms with E-state index in [0.717, 1.165) is 0 Å². The van der Waals surface area contributed by atoms with Gasteiger partial charge in [0.15, 0.2) is 0 Å². The van der Waals surface area contributed by atoms with Crippen LogP contribution in [0.4, 0.5) is 14.1 Å². The van der Waals surface area contributed by atoms with Crippen molar-refractivity contribution in [2.45, 2.75) is 20.8 Å². The molecule has 88 valence electrons. The first-order valence-electron chi connectivity index (χ1n) is 3.60. The summed E-state index contributed by atoms with van der Waals surface area (Å²) in [5, 5.41) is 0.194. The Bertz CT molecular complexity index is 51.5. The molecule has 0 atom stereocenters. The van der Waals surface area contributed by atoms with E-state index in [4.69, 9.17) is 23.2 Å². The number of rotatable bonds is 3. The van der Waals surface area contributed by atoms with E-state index in [1.165, 1.54) is 19.6 Å². The second-order valence-electron chi connectivity index (χ2n) is 1.72. The lowest BCUT2D eigenvalue weighted by Crippen LogP contribution is -2.21. The monoisotopic (exact) mass is 245 g/mol. The summed E-state index contributed by atoms with van der Waals surface area (Å²) in [7, 11) is 0. The Hall–Kier alpha value is 0.330. The molecule has 0 bridgehead atoms. The van der Waals surface area contributed by atoms with Crippen molar-refractivity contribution < 1.29 is 14.1 Å². The molecular formula is C7H20Cl2F3N. The zero-order chi connectivity index (χ0) is 8.41. The first-order chi connectivity index (χ1) is 4.76. The van der Waals surface area contributed by atoms with Crippen LogP contribution in [0.15, 0.2) is 0 Å². The van der Waals surface area contributed by atoms with Gasteiger partial charge in [0.2, 0.25) is 0 Å². The Kier molecular flexibility index (Phi) is 66.2. The Balaban J connectivity index is -0.0000000320. The van der Waals surface area contributed by atoms with Crippen molar-refractivity contribution in [3.63, 3.8) is 0 Å². The normalized spacial score (nSPS) is 6.92. The lowest BCUT2D eigenvalue weighted by molar-refractivity contribution is 0.321. The molecule has 0 radical (unpaired) electrons. The average molecular weight is 246 g/mol. The van der Waals surface area contributed by atoms with Gasteiger partial charge in [-0.2, -0.15) is 0 Å². The molecule has 0 rings (SSSR count). The van der Waals surface area contributed by atoms with Crippen LogP contribution in [0.1, 0.15) is 20.8 Å². The third kappa shape index (κ3) is 32.8. The number of hydrogen-bond donors (Lipinski definition) is 0. The summed E-state index contributed by atoms with van der Waals surface area (Å²) in [5.41, 5.74) is 0. The molecule has 13 heavy (non-hydrogen) atoms. The zero-order valence-corrected chi connectivity index (χ0v) is 9.77. The van der Waals surface area contributed by atoms with Crippen LogP contribution in [0.3, 0.4) is 0 Å². The van der Waals surface area contributed by atoms with E-state index in [0.29, 0.717) is 0 Å². The molecule has 1 nitrogen and oxygen atoms in total. The Labute approximate surface area is 88.5 Å². The fraction of sp³-hybridized carbons (Fsp3) is 1.00. The van der Waals surface area contributed by atoms with Crippen molar-refractivity contribution in [2.24, 2.45) is 0 Å². The molecule has 0 aliphatic carbocycles. The molecule has 0 saturated carbocycles. The maximum Gasteiger partial charge on any atom is 0.0967 e. The highest BCUT2D eigenvalue weighted by Crippen LogP contribution is 1.81. The van der Waals surface area contributed by atoms with Gasteiger partial charge in [0.05, 0.1) is 5.34 Å². The van der Waals surface area contributed by atoms with Crippen molar-refractivity contribution in [2.75, 3.05) is 25.0 Å². The van der Waals surface area contributed by atoms with Crippen LogP contribution < -0.4 is 0 Å². The second-order valence-corrected chi connectivity index (χ2v) is 2.53. The second kappa shape index (κ2) is 29.5. The van der Waals surface area contributed by atoms with Crippen molar-refractivity contribution >= 4 is 23.2 Å². The molecular weight excluding hydrogens is 226 g/mol. The van der Waals surface area contributed by atoms with Crippen LogP contribution in [0, 0.1) is 0 Å². The summed E-state index contributed by atoms with van der Waals surface area (Å²) in [6.07, 6.45) is 0. The topological polar surface area (TPSA) is 3.24 Å². The Morgan fingerprint density at radius 2 is 0.923 bits per heavy atom. The van der Waals surface area contributed by atoms with Crippen molar-refractivity contribution in [1.29, 1.82) is 0 Å². The third-order valence-electron chi connectivity index (χ3n) is 1.34. The van der Waals surface area contributed by atoms with Crippen LogP contribution in [0.2, 0.25) is 0 Å². The van der Waals surface area contributed by atoms with Gasteiger partial charge in [-0.15, -0.1) is 23.2 Å². The highest BCUT2D eigenvalue weighted by atomic mass is 35.5. The van der Waals surface area contributed by atoms with Gasteiger partial charge in [-0.25, -0.2) is 0 Å². The van der Waals surface area contributed by atoms with Gasteiger partial charge in [-0.05, 0) is 19.6 Å². The van der Waals surface area contributed by atoms with E-state index >= 15 is 0 Å². The quantitative estimate of drug-likeness (QED) is 0.691. The van der Waals surface area contributed by atoms with Gasteiger partial charge in [0.1, 0.15) is 0 Å². The molecule has 0 amide bonds. The molecule has 0 heterocycles. The molecule has 0 saturated heterocycles. The van der Waals surface area contributed by atoms with Gasteiger partial charge in [0, 0.05) is 0 Å². The van der Waals surface area contributed by atoms with E-state index in [1.807, 2.05) is 0 Å². The highest BCUT2D eigenvalue weighted by molar-refractivity contribution is 6.40. The first-order valence-corrected chi connectivity index (χ1v) is 4.67. The van der Waals surface area contributed by atoms with Crippen molar-refractivity contribution in [3.05, 3.63) is 0 Å². The van der Waals surface area contributed by atoms with E-state index in [1.54, 1.807) is 0 Å². The molecule has 0 aromatic rings. The molecule has 0 unspecified atom stereocenters. The van der Waals surface area contributed by atoms with E-state index in [-0.39, 0.29) is 19.5 Å². The molecule has 6 heteroatoms. The van der Waals surface area contributed by atoms with Crippen LogP contribution in [0.25, 0.3) is 0 Å². The van der Waals surface area contributed by atoms with E-state index in [2.05, 4.69) is 25.7 Å². The number of nitrogens with zero attached hydrogens (tertiary/aromatic N) is 1. The first kappa shape index (κ1) is 29.2. The predicted molar refractivity (Wildman–Crippen MR) is 57.5 cm³/mol. The van der Waals surface area contributed by atoms with Gasteiger partial charge in [0.25, 0.3) is 0 Å². The number of halogens is 5. The van der Waals surface area contributed by atoms with Crippen LogP contribution in [0.5, 0.6) is 0 Å². The summed E-state index contributed by atoms with van der Waals surface area (Å²) in [4.78, 5) is 2.38. The maximum absolute atomic E-state index is 4.76. The number of hydrogen-bond acceptors (Lipinski definition) is 1. The maximum atomic E-state index is 4.76. The van der Waals surface area contributed by atoms with Crippen LogP contribution in [-0.2, 0) is 0 Å². The lowest BCUT2D eigenvalue weighted by atomic mass is 10.5. The Morgan fingerprint density at radius 3 is 0.923 bits per heavy atom.